The van der Waals surface area contributed by atoms with Gasteiger partial charge in [0, 0.05) is 44.6 Å². The number of methoxy groups -OCH3 is 1. The fraction of sp³-hybridized carbons (Fsp3) is 0.250. The summed E-state index contributed by atoms with van der Waals surface area (Å²) in [7, 11) is 1.39. The second-order valence-corrected chi connectivity index (χ2v) is 17.3. The van der Waals surface area contributed by atoms with Crippen LogP contribution in [0.1, 0.15) is 163 Å². The SMILES string of the molecule is CCC(C)(CC)NC(=O)c1ccc(C(=O)c2ccc(C(=O)Nc3ccc(C4(c5ccc(C(C)(CC)CC)cc5)c5ccccc5-c5c(C(=O)OC)cccc54)cc3)c(C=O)c2)cc1C=O. The third kappa shape index (κ3) is 8.12. The third-order valence-electron chi connectivity index (χ3n) is 14.0. The average Bonchev–Trinajstić information content (AvgIpc) is 3.66. The van der Waals surface area contributed by atoms with E-state index in [4.69, 9.17) is 4.74 Å². The molecule has 6 aromatic carbocycles. The van der Waals surface area contributed by atoms with Gasteiger partial charge in [0.1, 0.15) is 0 Å². The van der Waals surface area contributed by atoms with Gasteiger partial charge in [-0.25, -0.2) is 4.79 Å². The smallest absolute Gasteiger partial charge is 0.338 e. The highest BCUT2D eigenvalue weighted by Gasteiger charge is 2.47. The van der Waals surface area contributed by atoms with E-state index in [0.717, 1.165) is 46.2 Å². The molecule has 0 bridgehead atoms. The number of fused-ring (bicyclic) bond motifs is 3. The minimum atomic E-state index is -0.844. The van der Waals surface area contributed by atoms with E-state index in [1.54, 1.807) is 6.07 Å². The maximum atomic E-state index is 13.8. The van der Waals surface area contributed by atoms with Gasteiger partial charge in [0.15, 0.2) is 18.4 Å². The van der Waals surface area contributed by atoms with Crippen molar-refractivity contribution in [1.82, 2.24) is 5.32 Å². The Balaban J connectivity index is 1.21. The van der Waals surface area contributed by atoms with Gasteiger partial charge in [-0.1, -0.05) is 120 Å². The summed E-state index contributed by atoms with van der Waals surface area (Å²) >= 11 is 0. The van der Waals surface area contributed by atoms with Crippen LogP contribution in [0.4, 0.5) is 5.69 Å². The first-order valence-corrected chi connectivity index (χ1v) is 22.2. The van der Waals surface area contributed by atoms with Crippen molar-refractivity contribution in [3.05, 3.63) is 194 Å². The van der Waals surface area contributed by atoms with E-state index in [0.29, 0.717) is 36.7 Å². The van der Waals surface area contributed by atoms with Gasteiger partial charge in [0.25, 0.3) is 11.8 Å². The molecule has 9 nitrogen and oxygen atoms in total. The lowest BCUT2D eigenvalue weighted by molar-refractivity contribution is 0.0600. The Morgan fingerprint density at radius 2 is 1.14 bits per heavy atom. The number of carbonyl (C=O) groups is 6. The van der Waals surface area contributed by atoms with Crippen LogP contribution >= 0.6 is 0 Å². The zero-order valence-corrected chi connectivity index (χ0v) is 38.0. The van der Waals surface area contributed by atoms with E-state index in [2.05, 4.69) is 67.8 Å². The number of amides is 2. The molecule has 1 unspecified atom stereocenters. The lowest BCUT2D eigenvalue weighted by atomic mass is 9.67. The zero-order valence-electron chi connectivity index (χ0n) is 38.0. The van der Waals surface area contributed by atoms with Gasteiger partial charge in [-0.05, 0) is 114 Å². The van der Waals surface area contributed by atoms with Gasteiger partial charge in [0.2, 0.25) is 0 Å². The lowest BCUT2D eigenvalue weighted by Gasteiger charge is -2.35. The van der Waals surface area contributed by atoms with Crippen LogP contribution in [0.3, 0.4) is 0 Å². The second kappa shape index (κ2) is 18.5. The summed E-state index contributed by atoms with van der Waals surface area (Å²) in [5, 5.41) is 5.91. The predicted octanol–water partition coefficient (Wildman–Crippen LogP) is 11.3. The molecule has 6 aromatic rings. The molecular formula is C56H54N2O7. The molecule has 0 spiro atoms. The van der Waals surface area contributed by atoms with Crippen LogP contribution in [0.5, 0.6) is 0 Å². The van der Waals surface area contributed by atoms with Crippen molar-refractivity contribution in [3.8, 4) is 11.1 Å². The fourth-order valence-electron chi connectivity index (χ4n) is 9.13. The summed E-state index contributed by atoms with van der Waals surface area (Å²) in [6, 6.07) is 38.7. The van der Waals surface area contributed by atoms with Gasteiger partial charge < -0.3 is 15.4 Å². The van der Waals surface area contributed by atoms with E-state index in [9.17, 15) is 28.8 Å². The number of aldehydes is 2. The molecule has 9 heteroatoms. The van der Waals surface area contributed by atoms with Crippen molar-refractivity contribution in [1.29, 1.82) is 0 Å². The molecule has 0 fully saturated rings. The number of carbonyl (C=O) groups excluding carboxylic acids is 6. The van der Waals surface area contributed by atoms with Gasteiger partial charge in [-0.15, -0.1) is 0 Å². The van der Waals surface area contributed by atoms with E-state index < -0.39 is 34.5 Å². The number of hydrogen-bond donors (Lipinski definition) is 2. The normalized spacial score (nSPS) is 14.1. The minimum absolute atomic E-state index is 0.000203. The van der Waals surface area contributed by atoms with Crippen molar-refractivity contribution >= 4 is 41.8 Å². The minimum Gasteiger partial charge on any atom is -0.465 e. The molecule has 0 saturated heterocycles. The molecule has 2 amide bonds. The standard InChI is InChI=1S/C56H54N2O7/c1-8-54(5,9-2)39-21-23-40(24-22-39)56(47-17-13-12-15-45(47)49-46(53(64)65-7)16-14-18-48(49)56)41-25-27-42(28-26-41)57-51(62)43-29-19-35(31-37(43)33-59)50(61)36-20-30-44(38(32-36)34-60)52(63)58-55(6,10-3)11-4/h12-34H,8-11H2,1-7H3,(H,57,62)(H,58,63). The predicted molar refractivity (Wildman–Crippen MR) is 255 cm³/mol. The maximum Gasteiger partial charge on any atom is 0.338 e. The first kappa shape index (κ1) is 45.8. The Bertz CT molecular complexity index is 2830. The van der Waals surface area contributed by atoms with Gasteiger partial charge in [0.05, 0.1) is 23.7 Å². The van der Waals surface area contributed by atoms with Crippen LogP contribution in [-0.2, 0) is 15.6 Å². The summed E-state index contributed by atoms with van der Waals surface area (Å²) in [4.78, 5) is 78.5. The first-order valence-electron chi connectivity index (χ1n) is 22.2. The van der Waals surface area contributed by atoms with Gasteiger partial charge in [-0.2, -0.15) is 0 Å². The molecule has 0 aliphatic heterocycles. The summed E-state index contributed by atoms with van der Waals surface area (Å²) in [5.74, 6) is -1.88. The van der Waals surface area contributed by atoms with Crippen LogP contribution in [-0.4, -0.2) is 48.8 Å². The molecule has 0 aromatic heterocycles. The molecular weight excluding hydrogens is 813 g/mol. The molecule has 65 heavy (non-hydrogen) atoms. The number of benzene rings is 6. The third-order valence-corrected chi connectivity index (χ3v) is 14.0. The number of rotatable bonds is 16. The van der Waals surface area contributed by atoms with E-state index >= 15 is 0 Å². The highest BCUT2D eigenvalue weighted by molar-refractivity contribution is 6.14. The Kier molecular flexibility index (Phi) is 13.0. The molecule has 0 heterocycles. The fourth-order valence-corrected chi connectivity index (χ4v) is 9.13. The Hall–Kier alpha value is -7.26. The molecule has 0 saturated carbocycles. The molecule has 2 N–H and O–H groups in total. The van der Waals surface area contributed by atoms with E-state index in [1.807, 2.05) is 69.3 Å². The number of ketones is 1. The quantitative estimate of drug-likeness (QED) is 0.0561. The maximum absolute atomic E-state index is 13.8. The highest BCUT2D eigenvalue weighted by atomic mass is 16.5. The van der Waals surface area contributed by atoms with Crippen LogP contribution in [0, 0.1) is 0 Å². The van der Waals surface area contributed by atoms with Gasteiger partial charge >= 0.3 is 5.97 Å². The molecule has 1 aliphatic carbocycles. The van der Waals surface area contributed by atoms with E-state index in [-0.39, 0.29) is 38.8 Å². The number of anilines is 1. The summed E-state index contributed by atoms with van der Waals surface area (Å²) < 4.78 is 5.27. The topological polar surface area (TPSA) is 136 Å². The Morgan fingerprint density at radius 3 is 1.68 bits per heavy atom. The number of ether oxygens (including phenoxy) is 1. The van der Waals surface area contributed by atoms with E-state index in [1.165, 1.54) is 49.1 Å². The molecule has 1 atom stereocenters. The largest absolute Gasteiger partial charge is 0.465 e. The number of esters is 1. The first-order chi connectivity index (χ1) is 31.3. The summed E-state index contributed by atoms with van der Waals surface area (Å²) in [5.41, 5.74) is 7.05. The average molecular weight is 867 g/mol. The van der Waals surface area contributed by atoms with Crippen molar-refractivity contribution < 1.29 is 33.5 Å². The molecule has 330 valence electrons. The monoisotopic (exact) mass is 866 g/mol. The van der Waals surface area contributed by atoms with Crippen molar-refractivity contribution in [2.24, 2.45) is 0 Å². The lowest BCUT2D eigenvalue weighted by Crippen LogP contribution is -2.45. The van der Waals surface area contributed by atoms with Crippen molar-refractivity contribution in [2.75, 3.05) is 12.4 Å². The number of nitrogens with one attached hydrogen (secondary N) is 2. The van der Waals surface area contributed by atoms with Crippen LogP contribution in [0.2, 0.25) is 0 Å². The molecule has 0 radical (unpaired) electrons. The van der Waals surface area contributed by atoms with Crippen LogP contribution < -0.4 is 10.6 Å². The van der Waals surface area contributed by atoms with Gasteiger partial charge in [-0.3, -0.25) is 24.0 Å². The summed E-state index contributed by atoms with van der Waals surface area (Å²) in [6.45, 7) is 12.6. The Labute approximate surface area is 380 Å². The molecule has 1 aliphatic rings. The van der Waals surface area contributed by atoms with Crippen LogP contribution in [0.15, 0.2) is 127 Å². The Morgan fingerprint density at radius 1 is 0.600 bits per heavy atom. The number of hydrogen-bond acceptors (Lipinski definition) is 7. The second-order valence-electron chi connectivity index (χ2n) is 17.3. The van der Waals surface area contributed by atoms with Crippen molar-refractivity contribution in [3.63, 3.8) is 0 Å². The van der Waals surface area contributed by atoms with Crippen LogP contribution in [0.25, 0.3) is 11.1 Å². The molecule has 7 rings (SSSR count). The highest BCUT2D eigenvalue weighted by Crippen LogP contribution is 2.57. The summed E-state index contributed by atoms with van der Waals surface area (Å²) in [6.07, 6.45) is 4.43. The zero-order chi connectivity index (χ0) is 46.7. The van der Waals surface area contributed by atoms with Crippen molar-refractivity contribution in [2.45, 2.75) is 83.6 Å².